The van der Waals surface area contributed by atoms with Crippen LogP contribution in [0.2, 0.25) is 0 Å². The van der Waals surface area contributed by atoms with Gasteiger partial charge in [0.2, 0.25) is 0 Å². The maximum absolute atomic E-state index is 5.91. The van der Waals surface area contributed by atoms with Gasteiger partial charge in [-0.15, -0.1) is 10.2 Å². The molecule has 6 nitrogen and oxygen atoms in total. The van der Waals surface area contributed by atoms with Gasteiger partial charge in [0.05, 0.1) is 11.4 Å². The molecule has 0 radical (unpaired) electrons. The SMILES string of the molecule is Cc1nn(C)c(Sc2nncn2C)c1N. The molecular weight excluding hydrogens is 212 g/mol. The molecule has 0 saturated heterocycles. The number of nitrogens with zero attached hydrogens (tertiary/aromatic N) is 5. The van der Waals surface area contributed by atoms with E-state index in [2.05, 4.69) is 15.3 Å². The molecule has 0 atom stereocenters. The average Bonchev–Trinajstić information content (AvgIpc) is 2.67. The Morgan fingerprint density at radius 1 is 1.40 bits per heavy atom. The Balaban J connectivity index is 2.36. The lowest BCUT2D eigenvalue weighted by Crippen LogP contribution is -1.96. The van der Waals surface area contributed by atoms with E-state index in [1.807, 2.05) is 25.6 Å². The van der Waals surface area contributed by atoms with Gasteiger partial charge in [0.1, 0.15) is 11.4 Å². The number of anilines is 1. The van der Waals surface area contributed by atoms with Crippen molar-refractivity contribution in [2.75, 3.05) is 5.73 Å². The maximum Gasteiger partial charge on any atom is 0.197 e. The number of rotatable bonds is 2. The fourth-order valence-corrected chi connectivity index (χ4v) is 2.11. The van der Waals surface area contributed by atoms with Gasteiger partial charge in [-0.3, -0.25) is 4.68 Å². The minimum atomic E-state index is 0.700. The number of hydrogen-bond donors (Lipinski definition) is 1. The van der Waals surface area contributed by atoms with Crippen LogP contribution in [0.1, 0.15) is 5.69 Å². The molecule has 2 heterocycles. The van der Waals surface area contributed by atoms with Crippen molar-refractivity contribution < 1.29 is 0 Å². The molecule has 0 aromatic carbocycles. The van der Waals surface area contributed by atoms with Crippen LogP contribution in [0.3, 0.4) is 0 Å². The van der Waals surface area contributed by atoms with Gasteiger partial charge < -0.3 is 10.3 Å². The smallest absolute Gasteiger partial charge is 0.197 e. The van der Waals surface area contributed by atoms with Crippen molar-refractivity contribution in [1.82, 2.24) is 24.5 Å². The van der Waals surface area contributed by atoms with Gasteiger partial charge in [0, 0.05) is 14.1 Å². The summed E-state index contributed by atoms with van der Waals surface area (Å²) >= 11 is 1.46. The van der Waals surface area contributed by atoms with Crippen molar-refractivity contribution >= 4 is 17.4 Å². The van der Waals surface area contributed by atoms with E-state index in [1.54, 1.807) is 11.0 Å². The van der Waals surface area contributed by atoms with Gasteiger partial charge in [-0.1, -0.05) is 0 Å². The zero-order chi connectivity index (χ0) is 11.0. The van der Waals surface area contributed by atoms with Crippen molar-refractivity contribution in [3.05, 3.63) is 12.0 Å². The van der Waals surface area contributed by atoms with Crippen molar-refractivity contribution in [2.24, 2.45) is 14.1 Å². The van der Waals surface area contributed by atoms with Crippen LogP contribution in [0, 0.1) is 6.92 Å². The number of aryl methyl sites for hydroxylation is 3. The molecule has 0 aliphatic carbocycles. The lowest BCUT2D eigenvalue weighted by molar-refractivity contribution is 0.689. The normalized spacial score (nSPS) is 10.9. The van der Waals surface area contributed by atoms with Gasteiger partial charge in [-0.2, -0.15) is 5.10 Å². The lowest BCUT2D eigenvalue weighted by atomic mass is 10.4. The van der Waals surface area contributed by atoms with Gasteiger partial charge in [-0.25, -0.2) is 0 Å². The summed E-state index contributed by atoms with van der Waals surface area (Å²) in [5.41, 5.74) is 7.44. The van der Waals surface area contributed by atoms with E-state index >= 15 is 0 Å². The van der Waals surface area contributed by atoms with Crippen LogP contribution in [0.4, 0.5) is 5.69 Å². The first-order chi connectivity index (χ1) is 7.09. The monoisotopic (exact) mass is 224 g/mol. The Morgan fingerprint density at radius 2 is 2.13 bits per heavy atom. The third-order valence-electron chi connectivity index (χ3n) is 2.07. The molecule has 0 spiro atoms. The standard InChI is InChI=1S/C8H12N6S/c1-5-6(9)7(14(3)12-5)15-8-11-10-4-13(8)2/h4H,9H2,1-3H3. The molecular formula is C8H12N6S. The number of hydrogen-bond acceptors (Lipinski definition) is 5. The highest BCUT2D eigenvalue weighted by molar-refractivity contribution is 7.99. The summed E-state index contributed by atoms with van der Waals surface area (Å²) in [4.78, 5) is 0. The van der Waals surface area contributed by atoms with Gasteiger partial charge in [0.25, 0.3) is 0 Å². The average molecular weight is 224 g/mol. The van der Waals surface area contributed by atoms with E-state index in [1.165, 1.54) is 11.8 Å². The van der Waals surface area contributed by atoms with Gasteiger partial charge >= 0.3 is 0 Å². The van der Waals surface area contributed by atoms with Crippen LogP contribution >= 0.6 is 11.8 Å². The molecule has 0 amide bonds. The minimum absolute atomic E-state index is 0.700. The molecule has 2 aromatic heterocycles. The summed E-state index contributed by atoms with van der Waals surface area (Å²) in [6.45, 7) is 1.88. The minimum Gasteiger partial charge on any atom is -0.395 e. The lowest BCUT2D eigenvalue weighted by Gasteiger charge is -2.01. The first kappa shape index (κ1) is 10.0. The Kier molecular flexibility index (Phi) is 2.39. The molecule has 2 aromatic rings. The summed E-state index contributed by atoms with van der Waals surface area (Å²) in [5.74, 6) is 0. The van der Waals surface area contributed by atoms with Crippen LogP contribution in [0.5, 0.6) is 0 Å². The predicted molar refractivity (Wildman–Crippen MR) is 57.5 cm³/mol. The molecule has 0 saturated carbocycles. The molecule has 0 fully saturated rings. The zero-order valence-electron chi connectivity index (χ0n) is 8.80. The zero-order valence-corrected chi connectivity index (χ0v) is 9.62. The summed E-state index contributed by atoms with van der Waals surface area (Å²) in [6.07, 6.45) is 1.65. The maximum atomic E-state index is 5.91. The Hall–Kier alpha value is -1.50. The molecule has 0 aliphatic heterocycles. The van der Waals surface area contributed by atoms with E-state index < -0.39 is 0 Å². The Labute approximate surface area is 91.5 Å². The van der Waals surface area contributed by atoms with E-state index in [-0.39, 0.29) is 0 Å². The van der Waals surface area contributed by atoms with E-state index in [0.29, 0.717) is 5.69 Å². The highest BCUT2D eigenvalue weighted by atomic mass is 32.2. The second-order valence-corrected chi connectivity index (χ2v) is 4.21. The van der Waals surface area contributed by atoms with Crippen LogP contribution in [-0.2, 0) is 14.1 Å². The molecule has 0 bridgehead atoms. The second-order valence-electron chi connectivity index (χ2n) is 3.25. The molecule has 0 unspecified atom stereocenters. The molecule has 2 rings (SSSR count). The first-order valence-corrected chi connectivity index (χ1v) is 5.22. The van der Waals surface area contributed by atoms with Crippen molar-refractivity contribution in [3.63, 3.8) is 0 Å². The van der Waals surface area contributed by atoms with E-state index in [0.717, 1.165) is 15.9 Å². The largest absolute Gasteiger partial charge is 0.395 e. The van der Waals surface area contributed by atoms with Crippen LogP contribution in [0.25, 0.3) is 0 Å². The third-order valence-corrected chi connectivity index (χ3v) is 3.30. The summed E-state index contributed by atoms with van der Waals surface area (Å²) < 4.78 is 3.59. The number of nitrogens with two attached hydrogens (primary N) is 1. The summed E-state index contributed by atoms with van der Waals surface area (Å²) in [7, 11) is 3.75. The molecule has 80 valence electrons. The fourth-order valence-electron chi connectivity index (χ4n) is 1.23. The highest BCUT2D eigenvalue weighted by Crippen LogP contribution is 2.31. The third kappa shape index (κ3) is 1.70. The highest BCUT2D eigenvalue weighted by Gasteiger charge is 2.13. The molecule has 15 heavy (non-hydrogen) atoms. The van der Waals surface area contributed by atoms with Crippen LogP contribution < -0.4 is 5.73 Å². The quantitative estimate of drug-likeness (QED) is 0.808. The Morgan fingerprint density at radius 3 is 2.60 bits per heavy atom. The van der Waals surface area contributed by atoms with Crippen LogP contribution in [0.15, 0.2) is 16.5 Å². The van der Waals surface area contributed by atoms with Gasteiger partial charge in [-0.05, 0) is 18.7 Å². The number of nitrogen functional groups attached to an aromatic ring is 1. The topological polar surface area (TPSA) is 74.5 Å². The summed E-state index contributed by atoms with van der Waals surface area (Å²) in [6, 6.07) is 0. The van der Waals surface area contributed by atoms with Crippen molar-refractivity contribution in [2.45, 2.75) is 17.1 Å². The van der Waals surface area contributed by atoms with Crippen molar-refractivity contribution in [3.8, 4) is 0 Å². The van der Waals surface area contributed by atoms with E-state index in [9.17, 15) is 0 Å². The predicted octanol–water partition coefficient (Wildman–Crippen LogP) is 0.590. The molecule has 2 N–H and O–H groups in total. The van der Waals surface area contributed by atoms with Gasteiger partial charge in [0.15, 0.2) is 5.16 Å². The first-order valence-electron chi connectivity index (χ1n) is 4.40. The molecule has 0 aliphatic rings. The van der Waals surface area contributed by atoms with Crippen molar-refractivity contribution in [1.29, 1.82) is 0 Å². The summed E-state index contributed by atoms with van der Waals surface area (Å²) in [5, 5.41) is 13.7. The second kappa shape index (κ2) is 3.58. The number of aromatic nitrogens is 5. The molecule has 7 heteroatoms. The fraction of sp³-hybridized carbons (Fsp3) is 0.375. The van der Waals surface area contributed by atoms with Crippen LogP contribution in [-0.4, -0.2) is 24.5 Å². The van der Waals surface area contributed by atoms with E-state index in [4.69, 9.17) is 5.73 Å². The Bertz CT molecular complexity index is 485.